The van der Waals surface area contributed by atoms with Crippen LogP contribution in [0.3, 0.4) is 0 Å². The Morgan fingerprint density at radius 2 is 2.00 bits per heavy atom. The molecule has 3 rings (SSSR count). The number of carbonyl (C=O) groups is 1. The van der Waals surface area contributed by atoms with E-state index in [2.05, 4.69) is 26.9 Å². The first kappa shape index (κ1) is 14.6. The Morgan fingerprint density at radius 3 is 2.64 bits per heavy atom. The number of hydrogen-bond donors (Lipinski definition) is 1. The summed E-state index contributed by atoms with van der Waals surface area (Å²) in [7, 11) is 2.13. The van der Waals surface area contributed by atoms with E-state index in [-0.39, 0.29) is 17.7 Å². The van der Waals surface area contributed by atoms with E-state index in [1.807, 2.05) is 24.3 Å². The van der Waals surface area contributed by atoms with E-state index in [1.54, 1.807) is 0 Å². The Kier molecular flexibility index (Phi) is 4.39. The van der Waals surface area contributed by atoms with Crippen LogP contribution in [0.4, 0.5) is 5.69 Å². The summed E-state index contributed by atoms with van der Waals surface area (Å²) in [5.41, 5.74) is 0.954. The van der Waals surface area contributed by atoms with Gasteiger partial charge in [0.1, 0.15) is 18.1 Å². The van der Waals surface area contributed by atoms with Gasteiger partial charge in [0.25, 0.3) is 5.91 Å². The molecular weight excluding hydrogens is 282 g/mol. The molecule has 0 radical (unpaired) electrons. The Hall–Kier alpha value is -2.34. The van der Waals surface area contributed by atoms with Crippen molar-refractivity contribution in [2.75, 3.05) is 25.5 Å². The third-order valence-corrected chi connectivity index (χ3v) is 3.75. The van der Waals surface area contributed by atoms with Crippen LogP contribution in [0.1, 0.15) is 23.3 Å². The zero-order valence-electron chi connectivity index (χ0n) is 12.5. The number of piperidine rings is 1. The minimum absolute atomic E-state index is 0.256. The molecule has 0 unspecified atom stereocenters. The van der Waals surface area contributed by atoms with Crippen molar-refractivity contribution in [3.63, 3.8) is 0 Å². The van der Waals surface area contributed by atoms with Crippen molar-refractivity contribution in [3.05, 3.63) is 42.3 Å². The molecule has 1 amide bonds. The highest BCUT2D eigenvalue weighted by Crippen LogP contribution is 2.21. The molecule has 0 spiro atoms. The highest BCUT2D eigenvalue weighted by molar-refractivity contribution is 6.02. The number of nitrogens with one attached hydrogen (secondary N) is 1. The smallest absolute Gasteiger partial charge is 0.277 e. The molecule has 6 nitrogen and oxygen atoms in total. The highest BCUT2D eigenvalue weighted by Gasteiger charge is 2.18. The van der Waals surface area contributed by atoms with Gasteiger partial charge in [-0.05, 0) is 44.2 Å². The summed E-state index contributed by atoms with van der Waals surface area (Å²) in [6.45, 7) is 2.13. The maximum Gasteiger partial charge on any atom is 0.277 e. The summed E-state index contributed by atoms with van der Waals surface area (Å²) in [6.07, 6.45) is 3.72. The second-order valence-corrected chi connectivity index (χ2v) is 5.48. The normalized spacial score (nSPS) is 16.4. The molecule has 2 heterocycles. The minimum atomic E-state index is -0.294. The molecular formula is C16H19N3O3. The highest BCUT2D eigenvalue weighted by atomic mass is 16.5. The summed E-state index contributed by atoms with van der Waals surface area (Å²) in [5.74, 6) is 0.534. The van der Waals surface area contributed by atoms with E-state index in [1.165, 1.54) is 12.3 Å². The van der Waals surface area contributed by atoms with Gasteiger partial charge < -0.3 is 19.5 Å². The molecule has 0 saturated carbocycles. The summed E-state index contributed by atoms with van der Waals surface area (Å²) in [4.78, 5) is 14.1. The maximum absolute atomic E-state index is 11.8. The summed E-state index contributed by atoms with van der Waals surface area (Å²) in [6, 6.07) is 8.91. The van der Waals surface area contributed by atoms with Crippen LogP contribution < -0.4 is 10.1 Å². The topological polar surface area (TPSA) is 67.6 Å². The van der Waals surface area contributed by atoms with Crippen LogP contribution in [0.25, 0.3) is 0 Å². The fraction of sp³-hybridized carbons (Fsp3) is 0.375. The summed E-state index contributed by atoms with van der Waals surface area (Å²) >= 11 is 0. The number of nitrogens with zero attached hydrogens (tertiary/aromatic N) is 2. The van der Waals surface area contributed by atoms with Crippen molar-refractivity contribution in [1.82, 2.24) is 10.1 Å². The first-order chi connectivity index (χ1) is 10.7. The third-order valence-electron chi connectivity index (χ3n) is 3.75. The minimum Gasteiger partial charge on any atom is -0.490 e. The lowest BCUT2D eigenvalue weighted by Crippen LogP contribution is -2.35. The van der Waals surface area contributed by atoms with Gasteiger partial charge in [-0.15, -0.1) is 0 Å². The van der Waals surface area contributed by atoms with E-state index < -0.39 is 0 Å². The summed E-state index contributed by atoms with van der Waals surface area (Å²) in [5, 5.41) is 6.35. The van der Waals surface area contributed by atoms with Crippen LogP contribution >= 0.6 is 0 Å². The van der Waals surface area contributed by atoms with Crippen LogP contribution in [-0.4, -0.2) is 42.2 Å². The van der Waals surface area contributed by atoms with Gasteiger partial charge in [-0.1, -0.05) is 5.16 Å². The fourth-order valence-electron chi connectivity index (χ4n) is 2.44. The average Bonchev–Trinajstić information content (AvgIpc) is 3.06. The monoisotopic (exact) mass is 301 g/mol. The summed E-state index contributed by atoms with van der Waals surface area (Å²) < 4.78 is 10.6. The molecule has 1 fully saturated rings. The second kappa shape index (κ2) is 6.62. The lowest BCUT2D eigenvalue weighted by molar-refractivity contribution is 0.101. The molecule has 6 heteroatoms. The Morgan fingerprint density at radius 1 is 1.27 bits per heavy atom. The van der Waals surface area contributed by atoms with E-state index >= 15 is 0 Å². The number of hydrogen-bond acceptors (Lipinski definition) is 5. The first-order valence-corrected chi connectivity index (χ1v) is 7.38. The van der Waals surface area contributed by atoms with E-state index in [0.717, 1.165) is 31.7 Å². The second-order valence-electron chi connectivity index (χ2n) is 5.48. The van der Waals surface area contributed by atoms with E-state index in [0.29, 0.717) is 5.69 Å². The maximum atomic E-state index is 11.8. The Bertz CT molecular complexity index is 602. The third kappa shape index (κ3) is 3.65. The molecule has 2 aromatic rings. The first-order valence-electron chi connectivity index (χ1n) is 7.38. The number of ether oxygens (including phenoxy) is 1. The van der Waals surface area contributed by atoms with E-state index in [4.69, 9.17) is 4.74 Å². The standard InChI is InChI=1S/C16H19N3O3/c1-19-9-6-14(7-10-19)22-13-4-2-12(3-5-13)17-16(20)15-8-11-21-18-15/h2-5,8,11,14H,6-7,9-10H2,1H3,(H,17,20). The largest absolute Gasteiger partial charge is 0.490 e. The van der Waals surface area contributed by atoms with Crippen molar-refractivity contribution in [1.29, 1.82) is 0 Å². The molecule has 1 aromatic heterocycles. The number of amides is 1. The van der Waals surface area contributed by atoms with Crippen molar-refractivity contribution in [3.8, 4) is 5.75 Å². The van der Waals surface area contributed by atoms with Gasteiger partial charge in [0.2, 0.25) is 0 Å². The van der Waals surface area contributed by atoms with Crippen molar-refractivity contribution in [2.24, 2.45) is 0 Å². The number of carbonyl (C=O) groups excluding carboxylic acids is 1. The molecule has 0 aliphatic carbocycles. The van der Waals surface area contributed by atoms with Crippen LogP contribution in [-0.2, 0) is 0 Å². The van der Waals surface area contributed by atoms with Crippen LogP contribution in [0.15, 0.2) is 41.1 Å². The zero-order chi connectivity index (χ0) is 15.4. The fourth-order valence-corrected chi connectivity index (χ4v) is 2.44. The van der Waals surface area contributed by atoms with Crippen LogP contribution in [0.5, 0.6) is 5.75 Å². The molecule has 1 aliphatic rings. The number of anilines is 1. The quantitative estimate of drug-likeness (QED) is 0.939. The van der Waals surface area contributed by atoms with Gasteiger partial charge in [0.15, 0.2) is 5.69 Å². The molecule has 1 saturated heterocycles. The van der Waals surface area contributed by atoms with Gasteiger partial charge in [0.05, 0.1) is 0 Å². The number of likely N-dealkylation sites (tertiary alicyclic amines) is 1. The van der Waals surface area contributed by atoms with E-state index in [9.17, 15) is 4.79 Å². The van der Waals surface area contributed by atoms with Gasteiger partial charge in [-0.3, -0.25) is 4.79 Å². The van der Waals surface area contributed by atoms with Gasteiger partial charge >= 0.3 is 0 Å². The van der Waals surface area contributed by atoms with Gasteiger partial charge in [0, 0.05) is 24.8 Å². The molecule has 0 bridgehead atoms. The molecule has 22 heavy (non-hydrogen) atoms. The van der Waals surface area contributed by atoms with Gasteiger partial charge in [-0.25, -0.2) is 0 Å². The Balaban J connectivity index is 1.55. The van der Waals surface area contributed by atoms with Crippen molar-refractivity contribution in [2.45, 2.75) is 18.9 Å². The zero-order valence-corrected chi connectivity index (χ0v) is 12.5. The number of aromatic nitrogens is 1. The SMILES string of the molecule is CN1CCC(Oc2ccc(NC(=O)c3ccon3)cc2)CC1. The molecule has 0 atom stereocenters. The van der Waals surface area contributed by atoms with Gasteiger partial charge in [-0.2, -0.15) is 0 Å². The Labute approximate surface area is 129 Å². The molecule has 1 aromatic carbocycles. The lowest BCUT2D eigenvalue weighted by Gasteiger charge is -2.29. The molecule has 1 aliphatic heterocycles. The molecule has 116 valence electrons. The number of benzene rings is 1. The van der Waals surface area contributed by atoms with Crippen LogP contribution in [0.2, 0.25) is 0 Å². The lowest BCUT2D eigenvalue weighted by atomic mass is 10.1. The van der Waals surface area contributed by atoms with Crippen molar-refractivity contribution < 1.29 is 14.1 Å². The predicted octanol–water partition coefficient (Wildman–Crippen LogP) is 2.40. The van der Waals surface area contributed by atoms with Crippen molar-refractivity contribution >= 4 is 11.6 Å². The average molecular weight is 301 g/mol. The molecule has 1 N–H and O–H groups in total. The number of rotatable bonds is 4. The van der Waals surface area contributed by atoms with Crippen LogP contribution in [0, 0.1) is 0 Å². The predicted molar refractivity (Wildman–Crippen MR) is 82.0 cm³/mol.